The van der Waals surface area contributed by atoms with Crippen molar-refractivity contribution in [2.45, 2.75) is 5.16 Å². The molecule has 11 heteroatoms. The smallest absolute Gasteiger partial charge is 0.296 e. The first kappa shape index (κ1) is 23.1. The van der Waals surface area contributed by atoms with E-state index in [0.29, 0.717) is 16.7 Å². The number of nitrogens with zero attached hydrogens (tertiary/aromatic N) is 4. The average molecular weight is 501 g/mol. The number of amides is 1. The molecule has 5 aromatic rings. The van der Waals surface area contributed by atoms with E-state index < -0.39 is 10.8 Å². The highest BCUT2D eigenvalue weighted by Gasteiger charge is 2.21. The molecule has 1 amide bonds. The van der Waals surface area contributed by atoms with Gasteiger partial charge in [0.15, 0.2) is 11.0 Å². The molecule has 2 heterocycles. The summed E-state index contributed by atoms with van der Waals surface area (Å²) in [6.45, 7) is 0. The number of nitro benzene ring substituents is 1. The highest BCUT2D eigenvalue weighted by Crippen LogP contribution is 2.33. The number of para-hydroxylation sites is 2. The van der Waals surface area contributed by atoms with E-state index in [2.05, 4.69) is 20.5 Å². The van der Waals surface area contributed by atoms with Crippen molar-refractivity contribution in [2.75, 3.05) is 18.2 Å². The van der Waals surface area contributed by atoms with Crippen LogP contribution in [0.1, 0.15) is 0 Å². The molecule has 10 nitrogen and oxygen atoms in total. The summed E-state index contributed by atoms with van der Waals surface area (Å²) in [6.07, 6.45) is 1.89. The second kappa shape index (κ2) is 9.92. The number of rotatable bonds is 8. The van der Waals surface area contributed by atoms with Gasteiger partial charge in [0.05, 0.1) is 23.9 Å². The molecule has 0 bridgehead atoms. The van der Waals surface area contributed by atoms with E-state index in [1.165, 1.54) is 31.0 Å². The number of anilines is 1. The van der Waals surface area contributed by atoms with Crippen LogP contribution in [0.3, 0.4) is 0 Å². The van der Waals surface area contributed by atoms with Gasteiger partial charge in [0, 0.05) is 28.4 Å². The predicted octanol–water partition coefficient (Wildman–Crippen LogP) is 5.06. The number of aromatic nitrogens is 4. The lowest BCUT2D eigenvalue weighted by atomic mass is 10.1. The zero-order valence-electron chi connectivity index (χ0n) is 19.0. The fourth-order valence-corrected chi connectivity index (χ4v) is 4.57. The number of aromatic amines is 1. The highest BCUT2D eigenvalue weighted by molar-refractivity contribution is 7.99. The van der Waals surface area contributed by atoms with Crippen LogP contribution in [0.5, 0.6) is 5.75 Å². The lowest BCUT2D eigenvalue weighted by Crippen LogP contribution is -2.15. The third-order valence-electron chi connectivity index (χ3n) is 5.49. The van der Waals surface area contributed by atoms with E-state index in [-0.39, 0.29) is 17.1 Å². The minimum Gasteiger partial charge on any atom is -0.496 e. The molecule has 0 aliphatic heterocycles. The van der Waals surface area contributed by atoms with Gasteiger partial charge in [-0.05, 0) is 30.3 Å². The Balaban J connectivity index is 1.43. The molecule has 2 aromatic heterocycles. The van der Waals surface area contributed by atoms with Crippen molar-refractivity contribution in [3.63, 3.8) is 0 Å². The van der Waals surface area contributed by atoms with Crippen LogP contribution in [0.15, 0.2) is 84.1 Å². The Morgan fingerprint density at radius 2 is 1.89 bits per heavy atom. The largest absolute Gasteiger partial charge is 0.496 e. The van der Waals surface area contributed by atoms with E-state index in [0.717, 1.165) is 22.2 Å². The summed E-state index contributed by atoms with van der Waals surface area (Å²) >= 11 is 1.19. The number of benzene rings is 3. The monoisotopic (exact) mass is 500 g/mol. The number of methoxy groups -OCH3 is 1. The van der Waals surface area contributed by atoms with Crippen molar-refractivity contribution in [2.24, 2.45) is 0 Å². The first-order chi connectivity index (χ1) is 17.5. The van der Waals surface area contributed by atoms with Crippen LogP contribution >= 0.6 is 11.8 Å². The maximum atomic E-state index is 12.7. The standard InChI is InChI=1S/C25H20N6O4S/c1-35-17-11-12-21(22(13-17)31(33)34)27-23(32)15-36-25-29-28-24(30(25)16-7-3-2-4-8-16)19-14-26-20-10-6-5-9-18(19)20/h2-14,26H,15H2,1H3,(H,27,32). The summed E-state index contributed by atoms with van der Waals surface area (Å²) in [5.41, 5.74) is 2.55. The van der Waals surface area contributed by atoms with Crippen LogP contribution in [-0.2, 0) is 4.79 Å². The van der Waals surface area contributed by atoms with Gasteiger partial charge in [0.25, 0.3) is 5.69 Å². The van der Waals surface area contributed by atoms with E-state index in [4.69, 9.17) is 4.74 Å². The number of carbonyl (C=O) groups excluding carboxylic acids is 1. The Labute approximate surface area is 209 Å². The molecule has 0 unspecified atom stereocenters. The summed E-state index contributed by atoms with van der Waals surface area (Å²) < 4.78 is 6.94. The second-order valence-corrected chi connectivity index (χ2v) is 8.64. The Kier molecular flexibility index (Phi) is 6.37. The van der Waals surface area contributed by atoms with Crippen LogP contribution < -0.4 is 10.1 Å². The molecule has 2 N–H and O–H groups in total. The van der Waals surface area contributed by atoms with Gasteiger partial charge in [-0.15, -0.1) is 10.2 Å². The minimum absolute atomic E-state index is 0.0258. The normalized spacial score (nSPS) is 10.9. The fraction of sp³-hybridized carbons (Fsp3) is 0.0800. The maximum Gasteiger partial charge on any atom is 0.296 e. The summed E-state index contributed by atoms with van der Waals surface area (Å²) in [7, 11) is 1.42. The Hall–Kier alpha value is -4.64. The van der Waals surface area contributed by atoms with Gasteiger partial charge in [-0.3, -0.25) is 19.5 Å². The topological polar surface area (TPSA) is 128 Å². The lowest BCUT2D eigenvalue weighted by molar-refractivity contribution is -0.384. The Morgan fingerprint density at radius 3 is 2.67 bits per heavy atom. The van der Waals surface area contributed by atoms with Gasteiger partial charge in [0.2, 0.25) is 5.91 Å². The molecule has 0 aliphatic carbocycles. The van der Waals surface area contributed by atoms with Crippen molar-refractivity contribution in [1.29, 1.82) is 0 Å². The van der Waals surface area contributed by atoms with Crippen LogP contribution in [0.2, 0.25) is 0 Å². The van der Waals surface area contributed by atoms with E-state index in [9.17, 15) is 14.9 Å². The number of fused-ring (bicyclic) bond motifs is 1. The van der Waals surface area contributed by atoms with E-state index >= 15 is 0 Å². The first-order valence-corrected chi connectivity index (χ1v) is 11.9. The Morgan fingerprint density at radius 1 is 1.11 bits per heavy atom. The van der Waals surface area contributed by atoms with Gasteiger partial charge in [0.1, 0.15) is 11.4 Å². The molecular formula is C25H20N6O4S. The molecule has 180 valence electrons. The zero-order valence-corrected chi connectivity index (χ0v) is 19.9. The zero-order chi connectivity index (χ0) is 25.1. The third kappa shape index (κ3) is 4.51. The molecule has 0 saturated heterocycles. The fourth-order valence-electron chi connectivity index (χ4n) is 3.82. The lowest BCUT2D eigenvalue weighted by Gasteiger charge is -2.10. The Bertz CT molecular complexity index is 1560. The van der Waals surface area contributed by atoms with Crippen LogP contribution in [0, 0.1) is 10.1 Å². The number of ether oxygens (including phenoxy) is 1. The van der Waals surface area contributed by atoms with Crippen molar-refractivity contribution in [1.82, 2.24) is 19.7 Å². The molecule has 5 rings (SSSR count). The van der Waals surface area contributed by atoms with E-state index in [1.807, 2.05) is 65.4 Å². The van der Waals surface area contributed by atoms with Crippen molar-refractivity contribution < 1.29 is 14.5 Å². The summed E-state index contributed by atoms with van der Waals surface area (Å²) in [5.74, 6) is 0.522. The summed E-state index contributed by atoms with van der Waals surface area (Å²) in [4.78, 5) is 26.8. The molecule has 3 aromatic carbocycles. The molecule has 0 saturated carbocycles. The number of carbonyl (C=O) groups is 1. The van der Waals surface area contributed by atoms with Crippen molar-refractivity contribution >= 4 is 39.9 Å². The van der Waals surface area contributed by atoms with Crippen LogP contribution in [0.4, 0.5) is 11.4 Å². The van der Waals surface area contributed by atoms with Crippen molar-refractivity contribution in [3.8, 4) is 22.8 Å². The average Bonchev–Trinajstić information content (AvgIpc) is 3.52. The van der Waals surface area contributed by atoms with Gasteiger partial charge in [-0.25, -0.2) is 0 Å². The molecule has 0 aliphatic rings. The SMILES string of the molecule is COc1ccc(NC(=O)CSc2nnc(-c3c[nH]c4ccccc34)n2-c2ccccc2)c([N+](=O)[O-])c1. The predicted molar refractivity (Wildman–Crippen MR) is 138 cm³/mol. The first-order valence-electron chi connectivity index (χ1n) is 10.9. The van der Waals surface area contributed by atoms with Gasteiger partial charge >= 0.3 is 0 Å². The van der Waals surface area contributed by atoms with Gasteiger partial charge in [-0.1, -0.05) is 48.2 Å². The maximum absolute atomic E-state index is 12.7. The highest BCUT2D eigenvalue weighted by atomic mass is 32.2. The third-order valence-corrected chi connectivity index (χ3v) is 6.41. The molecular weight excluding hydrogens is 480 g/mol. The van der Waals surface area contributed by atoms with Crippen LogP contribution in [0.25, 0.3) is 28.0 Å². The minimum atomic E-state index is -0.565. The molecule has 0 radical (unpaired) electrons. The summed E-state index contributed by atoms with van der Waals surface area (Å²) in [5, 5.41) is 24.4. The van der Waals surface area contributed by atoms with Crippen LogP contribution in [-0.4, -0.2) is 43.4 Å². The number of hydrogen-bond acceptors (Lipinski definition) is 7. The quantitative estimate of drug-likeness (QED) is 0.173. The molecule has 36 heavy (non-hydrogen) atoms. The molecule has 0 fully saturated rings. The van der Waals surface area contributed by atoms with E-state index in [1.54, 1.807) is 6.07 Å². The van der Waals surface area contributed by atoms with Crippen molar-refractivity contribution in [3.05, 3.63) is 89.1 Å². The van der Waals surface area contributed by atoms with Gasteiger partial charge in [-0.2, -0.15) is 0 Å². The summed E-state index contributed by atoms with van der Waals surface area (Å²) in [6, 6.07) is 21.8. The molecule has 0 atom stereocenters. The molecule has 0 spiro atoms. The number of thioether (sulfide) groups is 1. The number of nitro groups is 1. The number of H-pyrrole nitrogens is 1. The number of nitrogens with one attached hydrogen (secondary N) is 2. The van der Waals surface area contributed by atoms with Gasteiger partial charge < -0.3 is 15.0 Å². The second-order valence-electron chi connectivity index (χ2n) is 7.70. The number of hydrogen-bond donors (Lipinski definition) is 2.